The lowest BCUT2D eigenvalue weighted by molar-refractivity contribution is 0.101. The van der Waals surface area contributed by atoms with Crippen molar-refractivity contribution in [2.24, 2.45) is 13.0 Å². The molecule has 8 nitrogen and oxygen atoms in total. The maximum absolute atomic E-state index is 13.0. The Kier molecular flexibility index (Phi) is 5.32. The Morgan fingerprint density at radius 3 is 2.77 bits per heavy atom. The van der Waals surface area contributed by atoms with Crippen molar-refractivity contribution < 1.29 is 9.53 Å². The molecular weight excluding hydrogens is 382 g/mol. The van der Waals surface area contributed by atoms with Crippen molar-refractivity contribution in [2.45, 2.75) is 52.1 Å². The van der Waals surface area contributed by atoms with Crippen LogP contribution >= 0.6 is 0 Å². The fourth-order valence-electron chi connectivity index (χ4n) is 3.95. The number of anilines is 1. The average Bonchev–Trinajstić information content (AvgIpc) is 3.30. The topological polar surface area (TPSA) is 90.5 Å². The van der Waals surface area contributed by atoms with Crippen molar-refractivity contribution in [1.82, 2.24) is 18.9 Å². The Morgan fingerprint density at radius 2 is 2.07 bits per heavy atom. The quantitative estimate of drug-likeness (QED) is 0.698. The van der Waals surface area contributed by atoms with Crippen LogP contribution in [0.1, 0.15) is 62.0 Å². The molecule has 1 saturated carbocycles. The van der Waals surface area contributed by atoms with E-state index >= 15 is 0 Å². The van der Waals surface area contributed by atoms with Crippen LogP contribution in [0.3, 0.4) is 0 Å². The molecule has 1 amide bonds. The van der Waals surface area contributed by atoms with E-state index < -0.39 is 5.91 Å². The highest BCUT2D eigenvalue weighted by molar-refractivity contribution is 6.05. The van der Waals surface area contributed by atoms with E-state index in [4.69, 9.17) is 9.72 Å². The van der Waals surface area contributed by atoms with Crippen LogP contribution in [-0.2, 0) is 7.05 Å². The van der Waals surface area contributed by atoms with E-state index in [0.717, 1.165) is 18.5 Å². The Hall–Kier alpha value is -3.16. The molecule has 1 N–H and O–H groups in total. The molecule has 30 heavy (non-hydrogen) atoms. The highest BCUT2D eigenvalue weighted by Gasteiger charge is 2.26. The van der Waals surface area contributed by atoms with E-state index in [9.17, 15) is 9.59 Å². The lowest BCUT2D eigenvalue weighted by atomic mass is 10.0. The van der Waals surface area contributed by atoms with Crippen molar-refractivity contribution in [3.05, 3.63) is 52.3 Å². The van der Waals surface area contributed by atoms with Crippen LogP contribution in [0, 0.1) is 5.92 Å². The number of aromatic nitrogens is 4. The molecule has 1 aliphatic carbocycles. The third-order valence-corrected chi connectivity index (χ3v) is 5.51. The molecule has 2 atom stereocenters. The first-order chi connectivity index (χ1) is 14.3. The first-order valence-corrected chi connectivity index (χ1v) is 10.3. The molecule has 0 aliphatic heterocycles. The van der Waals surface area contributed by atoms with E-state index in [2.05, 4.69) is 17.2 Å². The second-order valence-corrected chi connectivity index (χ2v) is 8.41. The minimum absolute atomic E-state index is 0.166. The summed E-state index contributed by atoms with van der Waals surface area (Å²) in [5.74, 6) is 1.38. The maximum Gasteiger partial charge on any atom is 0.274 e. The van der Waals surface area contributed by atoms with Gasteiger partial charge in [-0.1, -0.05) is 13.3 Å². The summed E-state index contributed by atoms with van der Waals surface area (Å²) in [7, 11) is 1.63. The molecule has 8 heteroatoms. The number of nitrogens with zero attached hydrogens (tertiary/aromatic N) is 4. The number of nitrogens with one attached hydrogen (secondary N) is 1. The van der Waals surface area contributed by atoms with Gasteiger partial charge < -0.3 is 14.6 Å². The van der Waals surface area contributed by atoms with Crippen molar-refractivity contribution in [2.75, 3.05) is 5.32 Å². The number of amides is 1. The van der Waals surface area contributed by atoms with Crippen LogP contribution in [0.2, 0.25) is 0 Å². The van der Waals surface area contributed by atoms with Crippen LogP contribution in [0.5, 0.6) is 5.88 Å². The largest absolute Gasteiger partial charge is 0.474 e. The Balaban J connectivity index is 1.71. The van der Waals surface area contributed by atoms with Gasteiger partial charge in [0.2, 0.25) is 11.7 Å². The molecule has 0 aromatic carbocycles. The predicted octanol–water partition coefficient (Wildman–Crippen LogP) is 3.37. The normalized spacial score (nSPS) is 18.8. The van der Waals surface area contributed by atoms with Gasteiger partial charge in [-0.2, -0.15) is 4.98 Å². The minimum atomic E-state index is -0.451. The monoisotopic (exact) mass is 409 g/mol. The van der Waals surface area contributed by atoms with Gasteiger partial charge in [0.25, 0.3) is 11.5 Å². The lowest BCUT2D eigenvalue weighted by Crippen LogP contribution is -2.24. The minimum Gasteiger partial charge on any atom is -0.474 e. The fourth-order valence-corrected chi connectivity index (χ4v) is 3.95. The summed E-state index contributed by atoms with van der Waals surface area (Å²) >= 11 is 0. The summed E-state index contributed by atoms with van der Waals surface area (Å²) in [6, 6.07) is 3.28. The third-order valence-electron chi connectivity index (χ3n) is 5.51. The average molecular weight is 409 g/mol. The highest BCUT2D eigenvalue weighted by Crippen LogP contribution is 2.37. The Bertz CT molecular complexity index is 1150. The second kappa shape index (κ2) is 7.93. The first-order valence-electron chi connectivity index (χ1n) is 10.3. The van der Waals surface area contributed by atoms with Crippen molar-refractivity contribution in [1.29, 1.82) is 0 Å². The number of hydrogen-bond donors (Lipinski definition) is 1. The molecule has 3 heterocycles. The zero-order chi connectivity index (χ0) is 21.4. The first kappa shape index (κ1) is 20.1. The standard InChI is InChI=1S/C22H27N5O3/c1-13(2)30-20-16(19(28)23-17-6-5-9-26(4)21(17)29)11-27-12-18(24-22(27)25-20)15-8-7-14(3)10-15/h5-6,9,11-15H,7-8,10H2,1-4H3,(H,23,28)/t14-,15?/m1/s1. The van der Waals surface area contributed by atoms with Gasteiger partial charge in [0.15, 0.2) is 0 Å². The zero-order valence-electron chi connectivity index (χ0n) is 17.8. The van der Waals surface area contributed by atoms with Gasteiger partial charge >= 0.3 is 0 Å². The summed E-state index contributed by atoms with van der Waals surface area (Å²) in [5, 5.41) is 2.69. The summed E-state index contributed by atoms with van der Waals surface area (Å²) in [5.41, 5.74) is 1.17. The molecule has 3 aromatic heterocycles. The molecule has 1 aliphatic rings. The number of ether oxygens (including phenoxy) is 1. The van der Waals surface area contributed by atoms with Gasteiger partial charge in [0, 0.05) is 31.6 Å². The number of fused-ring (bicyclic) bond motifs is 1. The Labute approximate surface area is 174 Å². The van der Waals surface area contributed by atoms with E-state index in [-0.39, 0.29) is 28.8 Å². The van der Waals surface area contributed by atoms with Gasteiger partial charge in [-0.15, -0.1) is 0 Å². The number of hydrogen-bond acceptors (Lipinski definition) is 5. The molecule has 3 aromatic rings. The molecule has 0 saturated heterocycles. The van der Waals surface area contributed by atoms with Gasteiger partial charge in [0.1, 0.15) is 11.3 Å². The number of rotatable bonds is 5. The van der Waals surface area contributed by atoms with E-state index in [1.165, 1.54) is 11.0 Å². The Morgan fingerprint density at radius 1 is 1.27 bits per heavy atom. The smallest absolute Gasteiger partial charge is 0.274 e. The number of carbonyl (C=O) groups is 1. The fraction of sp³-hybridized carbons (Fsp3) is 0.455. The highest BCUT2D eigenvalue weighted by atomic mass is 16.5. The van der Waals surface area contributed by atoms with Gasteiger partial charge in [0.05, 0.1) is 11.8 Å². The number of aryl methyl sites for hydroxylation is 1. The van der Waals surface area contributed by atoms with Crippen molar-refractivity contribution in [3.8, 4) is 5.88 Å². The van der Waals surface area contributed by atoms with Crippen LogP contribution in [0.4, 0.5) is 5.69 Å². The van der Waals surface area contributed by atoms with E-state index in [1.54, 1.807) is 36.0 Å². The van der Waals surface area contributed by atoms with Crippen LogP contribution in [0.25, 0.3) is 5.78 Å². The molecule has 0 radical (unpaired) electrons. The summed E-state index contributed by atoms with van der Waals surface area (Å²) in [4.78, 5) is 34.5. The van der Waals surface area contributed by atoms with Gasteiger partial charge in [-0.05, 0) is 44.7 Å². The molecule has 1 fully saturated rings. The van der Waals surface area contributed by atoms with Gasteiger partial charge in [-0.25, -0.2) is 4.98 Å². The molecule has 1 unspecified atom stereocenters. The van der Waals surface area contributed by atoms with Crippen LogP contribution in [0.15, 0.2) is 35.5 Å². The zero-order valence-corrected chi connectivity index (χ0v) is 17.8. The third kappa shape index (κ3) is 3.94. The van der Waals surface area contributed by atoms with Crippen LogP contribution in [-0.4, -0.2) is 30.9 Å². The molecular formula is C22H27N5O3. The number of imidazole rings is 1. The molecule has 4 rings (SSSR count). The summed E-state index contributed by atoms with van der Waals surface area (Å²) in [6.07, 6.45) is 8.53. The second-order valence-electron chi connectivity index (χ2n) is 8.41. The SMILES string of the molecule is CC(C)Oc1nc2nc(C3CC[C@@H](C)C3)cn2cc1C(=O)Nc1cccn(C)c1=O. The van der Waals surface area contributed by atoms with Crippen LogP contribution < -0.4 is 15.6 Å². The predicted molar refractivity (Wildman–Crippen MR) is 114 cm³/mol. The van der Waals surface area contributed by atoms with Crippen molar-refractivity contribution in [3.63, 3.8) is 0 Å². The summed E-state index contributed by atoms with van der Waals surface area (Å²) in [6.45, 7) is 6.01. The summed E-state index contributed by atoms with van der Waals surface area (Å²) < 4.78 is 8.99. The number of pyridine rings is 1. The lowest BCUT2D eigenvalue weighted by Gasteiger charge is -2.13. The molecule has 158 valence electrons. The maximum atomic E-state index is 13.0. The van der Waals surface area contributed by atoms with Crippen molar-refractivity contribution >= 4 is 17.4 Å². The molecule has 0 bridgehead atoms. The van der Waals surface area contributed by atoms with E-state index in [0.29, 0.717) is 17.6 Å². The molecule has 0 spiro atoms. The van der Waals surface area contributed by atoms with E-state index in [1.807, 2.05) is 20.0 Å². The number of carbonyl (C=O) groups excluding carboxylic acids is 1. The van der Waals surface area contributed by atoms with Gasteiger partial charge in [-0.3, -0.25) is 14.0 Å².